The van der Waals surface area contributed by atoms with Crippen molar-refractivity contribution in [3.8, 4) is 0 Å². The second-order valence-corrected chi connectivity index (χ2v) is 9.19. The number of amides is 2. The number of benzene rings is 1. The van der Waals surface area contributed by atoms with Crippen LogP contribution in [-0.2, 0) is 20.8 Å². The molecule has 0 N–H and O–H groups in total. The Labute approximate surface area is 171 Å². The molecule has 0 saturated carbocycles. The van der Waals surface area contributed by atoms with E-state index >= 15 is 0 Å². The average Bonchev–Trinajstić information content (AvgIpc) is 3.34. The van der Waals surface area contributed by atoms with E-state index in [9.17, 15) is 9.59 Å². The maximum atomic E-state index is 12.9. The highest BCUT2D eigenvalue weighted by Crippen LogP contribution is 2.33. The summed E-state index contributed by atoms with van der Waals surface area (Å²) in [7, 11) is 0. The molecule has 0 bridgehead atoms. The van der Waals surface area contributed by atoms with Crippen LogP contribution in [0.15, 0.2) is 24.4 Å². The number of rotatable bonds is 3. The van der Waals surface area contributed by atoms with Crippen molar-refractivity contribution < 1.29 is 19.1 Å². The predicted molar refractivity (Wildman–Crippen MR) is 111 cm³/mol. The molecule has 6 heteroatoms. The Bertz CT molecular complexity index is 934. The lowest BCUT2D eigenvalue weighted by molar-refractivity contribution is -0.128. The number of carbonyl (C=O) groups excluding carboxylic acids is 2. The number of hydrogen-bond acceptors (Lipinski definition) is 4. The Morgan fingerprint density at radius 2 is 2.07 bits per heavy atom. The van der Waals surface area contributed by atoms with Crippen LogP contribution in [0.1, 0.15) is 57.1 Å². The Balaban J connectivity index is 1.58. The molecule has 2 unspecified atom stereocenters. The first kappa shape index (κ1) is 20.0. The number of likely N-dealkylation sites (tertiary alicyclic amines) is 1. The molecule has 0 radical (unpaired) electrons. The molecule has 0 aliphatic carbocycles. The third kappa shape index (κ3) is 4.04. The summed E-state index contributed by atoms with van der Waals surface area (Å²) in [6.45, 7) is 9.59. The summed E-state index contributed by atoms with van der Waals surface area (Å²) in [5.74, 6) is -0.481. The van der Waals surface area contributed by atoms with Crippen LogP contribution < -0.4 is 0 Å². The zero-order chi connectivity index (χ0) is 20.8. The highest BCUT2D eigenvalue weighted by molar-refractivity contribution is 5.98. The summed E-state index contributed by atoms with van der Waals surface area (Å²) in [6.07, 6.45) is 4.69. The molecular weight excluding hydrogens is 368 g/mol. The normalized spacial score (nSPS) is 22.6. The van der Waals surface area contributed by atoms with Crippen LogP contribution in [0.2, 0.25) is 0 Å². The first-order chi connectivity index (χ1) is 13.7. The lowest BCUT2D eigenvalue weighted by atomic mass is 9.96. The van der Waals surface area contributed by atoms with E-state index in [1.807, 2.05) is 6.07 Å². The molecule has 1 aromatic carbocycles. The molecule has 1 aromatic heterocycles. The van der Waals surface area contributed by atoms with Gasteiger partial charge in [-0.05, 0) is 64.2 Å². The van der Waals surface area contributed by atoms with E-state index in [-0.39, 0.29) is 17.9 Å². The number of ether oxygens (including phenoxy) is 2. The minimum Gasteiger partial charge on any atom is -0.443 e. The fraction of sp³-hybridized carbons (Fsp3) is 0.565. The van der Waals surface area contributed by atoms with E-state index in [1.165, 1.54) is 15.8 Å². The minimum absolute atomic E-state index is 0.174. The first-order valence-electron chi connectivity index (χ1n) is 10.5. The van der Waals surface area contributed by atoms with Crippen molar-refractivity contribution in [2.24, 2.45) is 0 Å². The summed E-state index contributed by atoms with van der Waals surface area (Å²) >= 11 is 0. The number of carbonyl (C=O) groups is 2. The molecule has 156 valence electrons. The Hall–Kier alpha value is -2.34. The van der Waals surface area contributed by atoms with Crippen LogP contribution in [0.5, 0.6) is 0 Å². The van der Waals surface area contributed by atoms with Crippen molar-refractivity contribution >= 4 is 22.9 Å². The zero-order valence-electron chi connectivity index (χ0n) is 17.7. The van der Waals surface area contributed by atoms with Gasteiger partial charge in [-0.1, -0.05) is 12.1 Å². The quantitative estimate of drug-likeness (QED) is 0.770. The molecule has 2 aliphatic heterocycles. The predicted octanol–water partition coefficient (Wildman–Crippen LogP) is 4.38. The van der Waals surface area contributed by atoms with E-state index in [4.69, 9.17) is 9.47 Å². The molecule has 0 spiro atoms. The number of aryl methyl sites for hydroxylation is 1. The van der Waals surface area contributed by atoms with Gasteiger partial charge in [0.2, 0.25) is 5.91 Å². The van der Waals surface area contributed by atoms with Crippen molar-refractivity contribution in [1.82, 2.24) is 9.47 Å². The van der Waals surface area contributed by atoms with E-state index < -0.39 is 11.7 Å². The molecule has 2 fully saturated rings. The molecule has 2 amide bonds. The van der Waals surface area contributed by atoms with Crippen molar-refractivity contribution in [3.05, 3.63) is 35.5 Å². The van der Waals surface area contributed by atoms with Crippen LogP contribution in [-0.4, -0.2) is 46.3 Å². The van der Waals surface area contributed by atoms with Gasteiger partial charge in [0.25, 0.3) is 0 Å². The smallest absolute Gasteiger partial charge is 0.417 e. The summed E-state index contributed by atoms with van der Waals surface area (Å²) < 4.78 is 13.4. The van der Waals surface area contributed by atoms with E-state index in [1.54, 1.807) is 20.8 Å². The van der Waals surface area contributed by atoms with E-state index in [2.05, 4.69) is 29.8 Å². The summed E-state index contributed by atoms with van der Waals surface area (Å²) in [5.41, 5.74) is 2.69. The number of nitrogens with zero attached hydrogens (tertiary/aromatic N) is 2. The first-order valence-corrected chi connectivity index (χ1v) is 10.5. The SMILES string of the molecule is Cc1cn(CC2CCCO2)c2cc(C3CCN(C(=O)OC(C)(C)C)C3=O)ccc12. The van der Waals surface area contributed by atoms with Crippen LogP contribution in [0.3, 0.4) is 0 Å². The van der Waals surface area contributed by atoms with Crippen molar-refractivity contribution in [1.29, 1.82) is 0 Å². The largest absolute Gasteiger partial charge is 0.443 e. The zero-order valence-corrected chi connectivity index (χ0v) is 17.7. The van der Waals surface area contributed by atoms with Crippen LogP contribution >= 0.6 is 0 Å². The molecule has 2 saturated heterocycles. The molecule has 29 heavy (non-hydrogen) atoms. The van der Waals surface area contributed by atoms with Gasteiger partial charge in [-0.15, -0.1) is 0 Å². The highest BCUT2D eigenvalue weighted by Gasteiger charge is 2.38. The van der Waals surface area contributed by atoms with E-state index in [0.717, 1.165) is 37.1 Å². The topological polar surface area (TPSA) is 60.8 Å². The second kappa shape index (κ2) is 7.48. The van der Waals surface area contributed by atoms with Crippen molar-refractivity contribution in [2.45, 2.75) is 71.1 Å². The number of aromatic nitrogens is 1. The van der Waals surface area contributed by atoms with Crippen molar-refractivity contribution in [2.75, 3.05) is 13.2 Å². The van der Waals surface area contributed by atoms with Gasteiger partial charge >= 0.3 is 6.09 Å². The fourth-order valence-electron chi connectivity index (χ4n) is 4.36. The van der Waals surface area contributed by atoms with Gasteiger partial charge in [-0.2, -0.15) is 0 Å². The Morgan fingerprint density at radius 1 is 1.28 bits per heavy atom. The molecule has 2 aromatic rings. The fourth-order valence-corrected chi connectivity index (χ4v) is 4.36. The maximum Gasteiger partial charge on any atom is 0.417 e. The highest BCUT2D eigenvalue weighted by atomic mass is 16.6. The third-order valence-electron chi connectivity index (χ3n) is 5.75. The van der Waals surface area contributed by atoms with Gasteiger partial charge in [-0.25, -0.2) is 9.69 Å². The lowest BCUT2D eigenvalue weighted by Crippen LogP contribution is -2.38. The monoisotopic (exact) mass is 398 g/mol. The van der Waals surface area contributed by atoms with Gasteiger partial charge in [0.05, 0.1) is 12.0 Å². The van der Waals surface area contributed by atoms with Crippen LogP contribution in [0.4, 0.5) is 4.79 Å². The third-order valence-corrected chi connectivity index (χ3v) is 5.75. The average molecular weight is 399 g/mol. The van der Waals surface area contributed by atoms with Gasteiger partial charge in [0.15, 0.2) is 0 Å². The number of fused-ring (bicyclic) bond motifs is 1. The van der Waals surface area contributed by atoms with Crippen LogP contribution in [0, 0.1) is 6.92 Å². The number of imide groups is 1. The molecule has 6 nitrogen and oxygen atoms in total. The molecule has 2 aliphatic rings. The molecule has 2 atom stereocenters. The minimum atomic E-state index is -0.616. The summed E-state index contributed by atoms with van der Waals surface area (Å²) in [6, 6.07) is 6.22. The summed E-state index contributed by atoms with van der Waals surface area (Å²) in [5, 5.41) is 1.20. The molecular formula is C23H30N2O4. The lowest BCUT2D eigenvalue weighted by Gasteiger charge is -2.23. The van der Waals surface area contributed by atoms with Crippen molar-refractivity contribution in [3.63, 3.8) is 0 Å². The van der Waals surface area contributed by atoms with Gasteiger partial charge in [0, 0.05) is 36.8 Å². The van der Waals surface area contributed by atoms with Crippen LogP contribution in [0.25, 0.3) is 10.9 Å². The van der Waals surface area contributed by atoms with Gasteiger partial charge < -0.3 is 14.0 Å². The number of hydrogen-bond donors (Lipinski definition) is 0. The second-order valence-electron chi connectivity index (χ2n) is 9.19. The standard InChI is InChI=1S/C23H30N2O4/c1-15-13-24(14-17-6-5-11-28-17)20-12-16(7-8-18(15)20)19-9-10-25(21(19)26)22(27)29-23(2,3)4/h7-8,12-13,17,19H,5-6,9-11,14H2,1-4H3. The van der Waals surface area contributed by atoms with Gasteiger partial charge in [0.1, 0.15) is 5.60 Å². The van der Waals surface area contributed by atoms with E-state index in [0.29, 0.717) is 13.0 Å². The van der Waals surface area contributed by atoms with Gasteiger partial charge in [-0.3, -0.25) is 4.79 Å². The summed E-state index contributed by atoms with van der Waals surface area (Å²) in [4.78, 5) is 26.6. The Kier molecular flexibility index (Phi) is 5.15. The molecule has 3 heterocycles. The molecule has 4 rings (SSSR count). The Morgan fingerprint density at radius 3 is 2.76 bits per heavy atom. The maximum absolute atomic E-state index is 12.9.